The molecule has 1 heterocycles. The first kappa shape index (κ1) is 14.5. The molecular weight excluding hydrogens is 256 g/mol. The van der Waals surface area contributed by atoms with Crippen molar-refractivity contribution in [3.05, 3.63) is 35.4 Å². The molecule has 0 fully saturated rings. The summed E-state index contributed by atoms with van der Waals surface area (Å²) in [7, 11) is 0. The number of hydrogen-bond donors (Lipinski definition) is 2. The number of fused-ring (bicyclic) bond motifs is 1. The summed E-state index contributed by atoms with van der Waals surface area (Å²) in [6, 6.07) is 6.90. The van der Waals surface area contributed by atoms with Gasteiger partial charge in [0.25, 0.3) is 0 Å². The molecule has 0 aromatic heterocycles. The van der Waals surface area contributed by atoms with E-state index in [1.54, 1.807) is 6.92 Å². The van der Waals surface area contributed by atoms with E-state index in [1.165, 1.54) is 4.90 Å². The molecule has 2 atom stereocenters. The van der Waals surface area contributed by atoms with Crippen molar-refractivity contribution in [3.63, 3.8) is 0 Å². The van der Waals surface area contributed by atoms with Crippen molar-refractivity contribution < 1.29 is 14.7 Å². The van der Waals surface area contributed by atoms with E-state index >= 15 is 0 Å². The molecule has 1 aromatic rings. The van der Waals surface area contributed by atoms with Crippen LogP contribution in [0.4, 0.5) is 0 Å². The second-order valence-electron chi connectivity index (χ2n) is 5.27. The zero-order valence-corrected chi connectivity index (χ0v) is 11.6. The Morgan fingerprint density at radius 1 is 1.40 bits per heavy atom. The number of benzene rings is 1. The van der Waals surface area contributed by atoms with Crippen molar-refractivity contribution in [2.45, 2.75) is 32.4 Å². The predicted octanol–water partition coefficient (Wildman–Crippen LogP) is 1.01. The highest BCUT2D eigenvalue weighted by Crippen LogP contribution is 2.25. The Morgan fingerprint density at radius 3 is 2.65 bits per heavy atom. The van der Waals surface area contributed by atoms with Gasteiger partial charge in [0.2, 0.25) is 5.91 Å². The Hall–Kier alpha value is -1.88. The number of nitrogens with zero attached hydrogens (tertiary/aromatic N) is 1. The molecule has 3 N–H and O–H groups in total. The SMILES string of the molecule is CC(CCN)C(=O)N1Cc2ccccc2C[C@H]1C(=O)O. The lowest BCUT2D eigenvalue weighted by atomic mass is 9.92. The lowest BCUT2D eigenvalue weighted by molar-refractivity contribution is -0.153. The van der Waals surface area contributed by atoms with Crippen molar-refractivity contribution in [2.75, 3.05) is 6.54 Å². The third-order valence-corrected chi connectivity index (χ3v) is 3.84. The quantitative estimate of drug-likeness (QED) is 0.859. The minimum absolute atomic E-state index is 0.127. The van der Waals surface area contributed by atoms with Crippen LogP contribution in [0, 0.1) is 5.92 Å². The molecule has 0 spiro atoms. The maximum absolute atomic E-state index is 12.4. The van der Waals surface area contributed by atoms with Crippen molar-refractivity contribution >= 4 is 11.9 Å². The van der Waals surface area contributed by atoms with E-state index in [0.717, 1.165) is 11.1 Å². The summed E-state index contributed by atoms with van der Waals surface area (Å²) in [6.07, 6.45) is 0.940. The first-order chi connectivity index (χ1) is 9.54. The van der Waals surface area contributed by atoms with E-state index in [-0.39, 0.29) is 11.8 Å². The fraction of sp³-hybridized carbons (Fsp3) is 0.467. The van der Waals surface area contributed by atoms with Gasteiger partial charge < -0.3 is 15.7 Å². The van der Waals surface area contributed by atoms with Crippen LogP contribution in [0.25, 0.3) is 0 Å². The Balaban J connectivity index is 2.26. The van der Waals surface area contributed by atoms with Gasteiger partial charge in [0.1, 0.15) is 6.04 Å². The maximum atomic E-state index is 12.4. The molecule has 2 rings (SSSR count). The molecular formula is C15H20N2O3. The van der Waals surface area contributed by atoms with Crippen molar-refractivity contribution in [1.82, 2.24) is 4.90 Å². The summed E-state index contributed by atoms with van der Waals surface area (Å²) in [6.45, 7) is 2.59. The van der Waals surface area contributed by atoms with E-state index in [9.17, 15) is 14.7 Å². The Kier molecular flexibility index (Phi) is 4.39. The fourth-order valence-corrected chi connectivity index (χ4v) is 2.63. The Bertz CT molecular complexity index is 516. The van der Waals surface area contributed by atoms with Crippen LogP contribution in [-0.4, -0.2) is 34.5 Å². The average Bonchev–Trinajstić information content (AvgIpc) is 2.45. The summed E-state index contributed by atoms with van der Waals surface area (Å²) in [4.78, 5) is 25.3. The molecule has 0 saturated carbocycles. The van der Waals surface area contributed by atoms with Gasteiger partial charge in [0.15, 0.2) is 0 Å². The molecule has 20 heavy (non-hydrogen) atoms. The number of rotatable bonds is 4. The van der Waals surface area contributed by atoms with Crippen LogP contribution in [0.15, 0.2) is 24.3 Å². The average molecular weight is 276 g/mol. The fourth-order valence-electron chi connectivity index (χ4n) is 2.63. The van der Waals surface area contributed by atoms with Gasteiger partial charge in [0, 0.05) is 18.9 Å². The highest BCUT2D eigenvalue weighted by Gasteiger charge is 2.35. The number of carbonyl (C=O) groups is 2. The number of amides is 1. The van der Waals surface area contributed by atoms with E-state index in [4.69, 9.17) is 5.73 Å². The Labute approximate surface area is 118 Å². The molecule has 5 heteroatoms. The van der Waals surface area contributed by atoms with Crippen LogP contribution in [-0.2, 0) is 22.6 Å². The normalized spacial score (nSPS) is 19.3. The highest BCUT2D eigenvalue weighted by molar-refractivity contribution is 5.85. The molecule has 1 amide bonds. The topological polar surface area (TPSA) is 83.6 Å². The minimum Gasteiger partial charge on any atom is -0.480 e. The molecule has 5 nitrogen and oxygen atoms in total. The molecule has 0 saturated heterocycles. The van der Waals surface area contributed by atoms with Crippen LogP contribution in [0.2, 0.25) is 0 Å². The number of carboxylic acids is 1. The van der Waals surface area contributed by atoms with Crippen molar-refractivity contribution in [1.29, 1.82) is 0 Å². The summed E-state index contributed by atoms with van der Waals surface area (Å²) < 4.78 is 0. The molecule has 1 aliphatic rings. The highest BCUT2D eigenvalue weighted by atomic mass is 16.4. The first-order valence-corrected chi connectivity index (χ1v) is 6.84. The Morgan fingerprint density at radius 2 is 2.05 bits per heavy atom. The van der Waals surface area contributed by atoms with E-state index in [1.807, 2.05) is 24.3 Å². The molecule has 1 aromatic carbocycles. The van der Waals surface area contributed by atoms with Gasteiger partial charge >= 0.3 is 5.97 Å². The molecule has 1 unspecified atom stereocenters. The monoisotopic (exact) mass is 276 g/mol. The van der Waals surface area contributed by atoms with Crippen LogP contribution in [0.1, 0.15) is 24.5 Å². The largest absolute Gasteiger partial charge is 0.480 e. The van der Waals surface area contributed by atoms with Gasteiger partial charge in [-0.15, -0.1) is 0 Å². The number of hydrogen-bond acceptors (Lipinski definition) is 3. The zero-order valence-electron chi connectivity index (χ0n) is 11.6. The zero-order chi connectivity index (χ0) is 14.7. The van der Waals surface area contributed by atoms with Crippen LogP contribution < -0.4 is 5.73 Å². The van der Waals surface area contributed by atoms with Crippen molar-refractivity contribution in [2.24, 2.45) is 11.7 Å². The molecule has 0 radical (unpaired) electrons. The second kappa shape index (κ2) is 6.05. The third-order valence-electron chi connectivity index (χ3n) is 3.84. The standard InChI is InChI=1S/C15H20N2O3/c1-10(6-7-16)14(18)17-9-12-5-3-2-4-11(12)8-13(17)15(19)20/h2-5,10,13H,6-9,16H2,1H3,(H,19,20)/t10?,13-/m0/s1. The van der Waals surface area contributed by atoms with Crippen LogP contribution in [0.3, 0.4) is 0 Å². The van der Waals surface area contributed by atoms with Crippen molar-refractivity contribution in [3.8, 4) is 0 Å². The van der Waals surface area contributed by atoms with Gasteiger partial charge in [-0.1, -0.05) is 31.2 Å². The second-order valence-corrected chi connectivity index (χ2v) is 5.27. The number of nitrogens with two attached hydrogens (primary N) is 1. The minimum atomic E-state index is -0.951. The third kappa shape index (κ3) is 2.82. The first-order valence-electron chi connectivity index (χ1n) is 6.84. The molecule has 0 bridgehead atoms. The summed E-state index contributed by atoms with van der Waals surface area (Å²) in [5.41, 5.74) is 7.52. The maximum Gasteiger partial charge on any atom is 0.326 e. The summed E-state index contributed by atoms with van der Waals surface area (Å²) >= 11 is 0. The van der Waals surface area contributed by atoms with Gasteiger partial charge in [-0.25, -0.2) is 4.79 Å². The molecule has 0 aliphatic carbocycles. The van der Waals surface area contributed by atoms with Crippen LogP contribution in [0.5, 0.6) is 0 Å². The van der Waals surface area contributed by atoms with Gasteiger partial charge in [0.05, 0.1) is 0 Å². The van der Waals surface area contributed by atoms with Gasteiger partial charge in [-0.2, -0.15) is 0 Å². The van der Waals surface area contributed by atoms with E-state index < -0.39 is 12.0 Å². The smallest absolute Gasteiger partial charge is 0.326 e. The van der Waals surface area contributed by atoms with Gasteiger partial charge in [-0.3, -0.25) is 4.79 Å². The summed E-state index contributed by atoms with van der Waals surface area (Å²) in [5, 5.41) is 9.38. The van der Waals surface area contributed by atoms with E-state index in [2.05, 4.69) is 0 Å². The van der Waals surface area contributed by atoms with Crippen LogP contribution >= 0.6 is 0 Å². The number of carbonyl (C=O) groups excluding carboxylic acids is 1. The predicted molar refractivity (Wildman–Crippen MR) is 75.0 cm³/mol. The van der Waals surface area contributed by atoms with E-state index in [0.29, 0.717) is 25.9 Å². The van der Waals surface area contributed by atoms with Gasteiger partial charge in [-0.05, 0) is 24.1 Å². The summed E-state index contributed by atoms with van der Waals surface area (Å²) in [5.74, 6) is -1.32. The number of carboxylic acid groups (broad SMARTS) is 1. The lowest BCUT2D eigenvalue weighted by Gasteiger charge is -2.36. The molecule has 1 aliphatic heterocycles. The lowest BCUT2D eigenvalue weighted by Crippen LogP contribution is -2.50. The molecule has 108 valence electrons. The number of aliphatic carboxylic acids is 1.